The van der Waals surface area contributed by atoms with E-state index in [0.29, 0.717) is 18.2 Å². The first-order valence-corrected chi connectivity index (χ1v) is 6.26. The van der Waals surface area contributed by atoms with Crippen LogP contribution in [0.3, 0.4) is 0 Å². The molecule has 12 heavy (non-hydrogen) atoms. The lowest BCUT2D eigenvalue weighted by Crippen LogP contribution is -2.28. The van der Waals surface area contributed by atoms with Gasteiger partial charge in [0.15, 0.2) is 0 Å². The van der Waals surface area contributed by atoms with Crippen LogP contribution < -0.4 is 4.72 Å². The van der Waals surface area contributed by atoms with E-state index in [2.05, 4.69) is 4.72 Å². The van der Waals surface area contributed by atoms with Gasteiger partial charge in [0.2, 0.25) is 10.0 Å². The Balaban J connectivity index is 2.20. The SMILES string of the molecule is CCNS(=O)(=O)CCC1CCC1. The van der Waals surface area contributed by atoms with Crippen LogP contribution >= 0.6 is 0 Å². The molecule has 1 fully saturated rings. The van der Waals surface area contributed by atoms with E-state index < -0.39 is 10.0 Å². The van der Waals surface area contributed by atoms with E-state index in [4.69, 9.17) is 0 Å². The van der Waals surface area contributed by atoms with Crippen LogP contribution in [0.1, 0.15) is 32.6 Å². The second-order valence-electron chi connectivity index (χ2n) is 3.40. The molecule has 0 unspecified atom stereocenters. The Kier molecular flexibility index (Phi) is 3.53. The molecule has 4 heteroatoms. The molecule has 1 saturated carbocycles. The molecular formula is C8H17NO2S. The maximum Gasteiger partial charge on any atom is 0.211 e. The van der Waals surface area contributed by atoms with Gasteiger partial charge in [0.05, 0.1) is 5.75 Å². The van der Waals surface area contributed by atoms with Gasteiger partial charge in [-0.05, 0) is 12.3 Å². The molecule has 0 saturated heterocycles. The third-order valence-corrected chi connectivity index (χ3v) is 3.89. The van der Waals surface area contributed by atoms with E-state index in [9.17, 15) is 8.42 Å². The lowest BCUT2D eigenvalue weighted by molar-refractivity contribution is 0.307. The van der Waals surface area contributed by atoms with E-state index in [0.717, 1.165) is 6.42 Å². The summed E-state index contributed by atoms with van der Waals surface area (Å²) in [5.41, 5.74) is 0. The Morgan fingerprint density at radius 2 is 2.08 bits per heavy atom. The van der Waals surface area contributed by atoms with Crippen molar-refractivity contribution in [2.45, 2.75) is 32.6 Å². The molecule has 3 nitrogen and oxygen atoms in total. The van der Waals surface area contributed by atoms with Gasteiger partial charge < -0.3 is 0 Å². The minimum atomic E-state index is -2.95. The fourth-order valence-corrected chi connectivity index (χ4v) is 2.62. The minimum Gasteiger partial charge on any atom is -0.216 e. The third kappa shape index (κ3) is 3.11. The molecule has 0 atom stereocenters. The zero-order valence-corrected chi connectivity index (χ0v) is 8.36. The Hall–Kier alpha value is -0.0900. The zero-order valence-electron chi connectivity index (χ0n) is 7.54. The molecule has 0 radical (unpaired) electrons. The highest BCUT2D eigenvalue weighted by atomic mass is 32.2. The van der Waals surface area contributed by atoms with Crippen molar-refractivity contribution in [3.8, 4) is 0 Å². The van der Waals surface area contributed by atoms with Crippen LogP contribution in [0.4, 0.5) is 0 Å². The summed E-state index contributed by atoms with van der Waals surface area (Å²) in [4.78, 5) is 0. The van der Waals surface area contributed by atoms with Crippen LogP contribution in [0.15, 0.2) is 0 Å². The van der Waals surface area contributed by atoms with Crippen molar-refractivity contribution < 1.29 is 8.42 Å². The van der Waals surface area contributed by atoms with E-state index >= 15 is 0 Å². The van der Waals surface area contributed by atoms with E-state index in [1.54, 1.807) is 6.92 Å². The van der Waals surface area contributed by atoms with Gasteiger partial charge in [-0.15, -0.1) is 0 Å². The zero-order chi connectivity index (χ0) is 9.03. The average molecular weight is 191 g/mol. The molecule has 0 aromatic heterocycles. The Morgan fingerprint density at radius 3 is 2.50 bits per heavy atom. The quantitative estimate of drug-likeness (QED) is 0.707. The highest BCUT2D eigenvalue weighted by molar-refractivity contribution is 7.89. The van der Waals surface area contributed by atoms with Crippen molar-refractivity contribution in [1.29, 1.82) is 0 Å². The largest absolute Gasteiger partial charge is 0.216 e. The number of sulfonamides is 1. The average Bonchev–Trinajstić information content (AvgIpc) is 1.82. The molecule has 0 heterocycles. The Morgan fingerprint density at radius 1 is 1.42 bits per heavy atom. The molecule has 1 rings (SSSR count). The van der Waals surface area contributed by atoms with Crippen molar-refractivity contribution in [2.75, 3.05) is 12.3 Å². The van der Waals surface area contributed by atoms with Crippen molar-refractivity contribution in [3.63, 3.8) is 0 Å². The minimum absolute atomic E-state index is 0.311. The predicted octanol–water partition coefficient (Wildman–Crippen LogP) is 1.12. The molecule has 0 spiro atoms. The van der Waals surface area contributed by atoms with Gasteiger partial charge in [0.1, 0.15) is 0 Å². The van der Waals surface area contributed by atoms with Gasteiger partial charge in [-0.1, -0.05) is 26.2 Å². The maximum atomic E-state index is 11.2. The van der Waals surface area contributed by atoms with Crippen LogP contribution in [0, 0.1) is 5.92 Å². The van der Waals surface area contributed by atoms with E-state index in [1.807, 2.05) is 0 Å². The topological polar surface area (TPSA) is 46.2 Å². The summed E-state index contributed by atoms with van der Waals surface area (Å²) < 4.78 is 24.8. The molecule has 72 valence electrons. The van der Waals surface area contributed by atoms with Crippen molar-refractivity contribution in [1.82, 2.24) is 4.72 Å². The summed E-state index contributed by atoms with van der Waals surface area (Å²) in [5, 5.41) is 0. The number of rotatable bonds is 5. The van der Waals surface area contributed by atoms with E-state index in [-0.39, 0.29) is 0 Å². The molecule has 0 bridgehead atoms. The lowest BCUT2D eigenvalue weighted by Gasteiger charge is -2.24. The molecule has 1 aliphatic carbocycles. The summed E-state index contributed by atoms with van der Waals surface area (Å²) >= 11 is 0. The number of hydrogen-bond donors (Lipinski definition) is 1. The fourth-order valence-electron chi connectivity index (χ4n) is 1.40. The molecule has 1 aliphatic rings. The van der Waals surface area contributed by atoms with Crippen molar-refractivity contribution in [2.24, 2.45) is 5.92 Å². The number of hydrogen-bond acceptors (Lipinski definition) is 2. The van der Waals surface area contributed by atoms with Crippen molar-refractivity contribution in [3.05, 3.63) is 0 Å². The molecule has 0 aliphatic heterocycles. The smallest absolute Gasteiger partial charge is 0.211 e. The van der Waals surface area contributed by atoms with Crippen LogP contribution in [0.25, 0.3) is 0 Å². The van der Waals surface area contributed by atoms with Gasteiger partial charge >= 0.3 is 0 Å². The summed E-state index contributed by atoms with van der Waals surface area (Å²) in [7, 11) is -2.95. The summed E-state index contributed by atoms with van der Waals surface area (Å²) in [6.07, 6.45) is 4.57. The second kappa shape index (κ2) is 4.23. The monoisotopic (exact) mass is 191 g/mol. The van der Waals surface area contributed by atoms with E-state index in [1.165, 1.54) is 19.3 Å². The summed E-state index contributed by atoms with van der Waals surface area (Å²) in [5.74, 6) is 0.990. The summed E-state index contributed by atoms with van der Waals surface area (Å²) in [6.45, 7) is 2.31. The van der Waals surface area contributed by atoms with Gasteiger partial charge in [0, 0.05) is 6.54 Å². The van der Waals surface area contributed by atoms with Gasteiger partial charge in [-0.25, -0.2) is 13.1 Å². The van der Waals surface area contributed by atoms with Crippen LogP contribution in [-0.4, -0.2) is 20.7 Å². The number of nitrogens with one attached hydrogen (secondary N) is 1. The first-order chi connectivity index (χ1) is 5.64. The molecule has 0 aromatic carbocycles. The maximum absolute atomic E-state index is 11.2. The highest BCUT2D eigenvalue weighted by Crippen LogP contribution is 2.29. The normalized spacial score (nSPS) is 19.1. The van der Waals surface area contributed by atoms with Gasteiger partial charge in [0.25, 0.3) is 0 Å². The van der Waals surface area contributed by atoms with Gasteiger partial charge in [-0.2, -0.15) is 0 Å². The fraction of sp³-hybridized carbons (Fsp3) is 1.00. The first kappa shape index (κ1) is 9.99. The second-order valence-corrected chi connectivity index (χ2v) is 5.33. The van der Waals surface area contributed by atoms with Crippen LogP contribution in [0.5, 0.6) is 0 Å². The highest BCUT2D eigenvalue weighted by Gasteiger charge is 2.19. The first-order valence-electron chi connectivity index (χ1n) is 4.61. The van der Waals surface area contributed by atoms with Gasteiger partial charge in [-0.3, -0.25) is 0 Å². The lowest BCUT2D eigenvalue weighted by atomic mass is 9.84. The Labute approximate surface area is 74.6 Å². The van der Waals surface area contributed by atoms with Crippen LogP contribution in [0.2, 0.25) is 0 Å². The molecule has 0 aromatic rings. The van der Waals surface area contributed by atoms with Crippen LogP contribution in [-0.2, 0) is 10.0 Å². The molecular weight excluding hydrogens is 174 g/mol. The Bertz CT molecular complexity index is 219. The third-order valence-electron chi connectivity index (χ3n) is 2.38. The van der Waals surface area contributed by atoms with Crippen molar-refractivity contribution >= 4 is 10.0 Å². The predicted molar refractivity (Wildman–Crippen MR) is 49.4 cm³/mol. The summed E-state index contributed by atoms with van der Waals surface area (Å²) in [6, 6.07) is 0. The molecule has 1 N–H and O–H groups in total. The standard InChI is InChI=1S/C8H17NO2S/c1-2-9-12(10,11)7-6-8-4-3-5-8/h8-9H,2-7H2,1H3. The molecule has 0 amide bonds.